The van der Waals surface area contributed by atoms with Gasteiger partial charge in [-0.2, -0.15) is 0 Å². The summed E-state index contributed by atoms with van der Waals surface area (Å²) in [6.45, 7) is 2.57. The standard InChI is InChI=1S/C12H18N2O2/c1-2-11(12(13)16)14-7-9-3-5-10(8-15)6-4-9/h3-6,11,14-15H,2,7-8H2,1H3,(H2,13,16). The maximum absolute atomic E-state index is 11.0. The molecule has 0 aromatic heterocycles. The maximum atomic E-state index is 11.0. The van der Waals surface area contributed by atoms with E-state index in [1.165, 1.54) is 0 Å². The Labute approximate surface area is 95.5 Å². The van der Waals surface area contributed by atoms with Gasteiger partial charge >= 0.3 is 0 Å². The predicted molar refractivity (Wildman–Crippen MR) is 62.5 cm³/mol. The molecular weight excluding hydrogens is 204 g/mol. The van der Waals surface area contributed by atoms with Crippen LogP contribution >= 0.6 is 0 Å². The number of primary amides is 1. The number of aliphatic hydroxyl groups excluding tert-OH is 1. The molecule has 0 radical (unpaired) electrons. The van der Waals surface area contributed by atoms with Crippen LogP contribution in [0, 0.1) is 0 Å². The Balaban J connectivity index is 2.50. The molecule has 4 heteroatoms. The minimum Gasteiger partial charge on any atom is -0.392 e. The summed E-state index contributed by atoms with van der Waals surface area (Å²) in [5.41, 5.74) is 7.17. The summed E-state index contributed by atoms with van der Waals surface area (Å²) in [6, 6.07) is 7.29. The zero-order valence-electron chi connectivity index (χ0n) is 9.44. The van der Waals surface area contributed by atoms with Gasteiger partial charge in [0.05, 0.1) is 12.6 Å². The van der Waals surface area contributed by atoms with Crippen molar-refractivity contribution in [3.63, 3.8) is 0 Å². The first-order valence-electron chi connectivity index (χ1n) is 5.38. The second-order valence-corrected chi connectivity index (χ2v) is 3.72. The number of rotatable bonds is 6. The van der Waals surface area contributed by atoms with E-state index in [9.17, 15) is 4.79 Å². The van der Waals surface area contributed by atoms with Crippen molar-refractivity contribution in [1.29, 1.82) is 0 Å². The van der Waals surface area contributed by atoms with Gasteiger partial charge in [-0.1, -0.05) is 31.2 Å². The van der Waals surface area contributed by atoms with E-state index in [0.717, 1.165) is 11.1 Å². The summed E-state index contributed by atoms with van der Waals surface area (Å²) in [7, 11) is 0. The topological polar surface area (TPSA) is 75.3 Å². The van der Waals surface area contributed by atoms with Crippen LogP contribution in [-0.2, 0) is 17.9 Å². The first kappa shape index (κ1) is 12.7. The van der Waals surface area contributed by atoms with Crippen LogP contribution in [0.2, 0.25) is 0 Å². The summed E-state index contributed by atoms with van der Waals surface area (Å²) in [5, 5.41) is 12.0. The van der Waals surface area contributed by atoms with Gasteiger partial charge in [0.1, 0.15) is 0 Å². The second kappa shape index (κ2) is 6.25. The molecule has 1 aromatic rings. The Hall–Kier alpha value is -1.39. The van der Waals surface area contributed by atoms with Gasteiger partial charge < -0.3 is 16.2 Å². The van der Waals surface area contributed by atoms with Gasteiger partial charge in [-0.25, -0.2) is 0 Å². The number of aliphatic hydroxyl groups is 1. The number of nitrogens with two attached hydrogens (primary N) is 1. The third-order valence-corrected chi connectivity index (χ3v) is 2.51. The molecule has 1 amide bonds. The Morgan fingerprint density at radius 3 is 2.38 bits per heavy atom. The van der Waals surface area contributed by atoms with Gasteiger partial charge in [0, 0.05) is 6.54 Å². The summed E-state index contributed by atoms with van der Waals surface area (Å²) in [4.78, 5) is 11.0. The molecule has 0 spiro atoms. The quantitative estimate of drug-likeness (QED) is 0.657. The van der Waals surface area contributed by atoms with Crippen LogP contribution in [0.25, 0.3) is 0 Å². The van der Waals surface area contributed by atoms with E-state index in [0.29, 0.717) is 13.0 Å². The number of hydrogen-bond donors (Lipinski definition) is 3. The lowest BCUT2D eigenvalue weighted by Crippen LogP contribution is -2.40. The predicted octanol–water partition coefficient (Wildman–Crippen LogP) is 0.532. The number of hydrogen-bond acceptors (Lipinski definition) is 3. The van der Waals surface area contributed by atoms with Crippen molar-refractivity contribution in [2.75, 3.05) is 0 Å². The van der Waals surface area contributed by atoms with Crippen LogP contribution in [0.5, 0.6) is 0 Å². The van der Waals surface area contributed by atoms with E-state index < -0.39 is 0 Å². The number of carbonyl (C=O) groups excluding carboxylic acids is 1. The molecule has 4 nitrogen and oxygen atoms in total. The molecule has 1 atom stereocenters. The van der Waals surface area contributed by atoms with E-state index in [1.54, 1.807) is 0 Å². The fraction of sp³-hybridized carbons (Fsp3) is 0.417. The van der Waals surface area contributed by atoms with Crippen LogP contribution in [0.4, 0.5) is 0 Å². The van der Waals surface area contributed by atoms with Crippen LogP contribution < -0.4 is 11.1 Å². The summed E-state index contributed by atoms with van der Waals surface area (Å²) >= 11 is 0. The molecule has 0 aliphatic heterocycles. The molecule has 1 aromatic carbocycles. The minimum absolute atomic E-state index is 0.0482. The minimum atomic E-state index is -0.325. The lowest BCUT2D eigenvalue weighted by Gasteiger charge is -2.13. The van der Waals surface area contributed by atoms with Gasteiger partial charge in [-0.05, 0) is 17.5 Å². The van der Waals surface area contributed by atoms with Gasteiger partial charge in [-0.15, -0.1) is 0 Å². The largest absolute Gasteiger partial charge is 0.392 e. The second-order valence-electron chi connectivity index (χ2n) is 3.72. The van der Waals surface area contributed by atoms with E-state index >= 15 is 0 Å². The smallest absolute Gasteiger partial charge is 0.234 e. The molecule has 0 saturated carbocycles. The molecule has 0 fully saturated rings. The zero-order chi connectivity index (χ0) is 12.0. The van der Waals surface area contributed by atoms with E-state index in [-0.39, 0.29) is 18.6 Å². The highest BCUT2D eigenvalue weighted by Crippen LogP contribution is 2.04. The normalized spacial score (nSPS) is 12.4. The molecule has 0 saturated heterocycles. The molecule has 0 aliphatic carbocycles. The van der Waals surface area contributed by atoms with E-state index in [1.807, 2.05) is 31.2 Å². The van der Waals surface area contributed by atoms with Crippen LogP contribution in [0.1, 0.15) is 24.5 Å². The van der Waals surface area contributed by atoms with Crippen molar-refractivity contribution in [2.45, 2.75) is 32.5 Å². The third-order valence-electron chi connectivity index (χ3n) is 2.51. The highest BCUT2D eigenvalue weighted by atomic mass is 16.3. The Bertz CT molecular complexity index is 335. The van der Waals surface area contributed by atoms with Gasteiger partial charge in [-0.3, -0.25) is 4.79 Å². The van der Waals surface area contributed by atoms with Crippen molar-refractivity contribution in [1.82, 2.24) is 5.32 Å². The van der Waals surface area contributed by atoms with Crippen molar-refractivity contribution >= 4 is 5.91 Å². The first-order valence-corrected chi connectivity index (χ1v) is 5.38. The number of amides is 1. The molecule has 0 aliphatic rings. The van der Waals surface area contributed by atoms with Crippen LogP contribution in [0.3, 0.4) is 0 Å². The molecule has 1 unspecified atom stereocenters. The Kier molecular flexibility index (Phi) is 4.95. The fourth-order valence-corrected chi connectivity index (χ4v) is 1.45. The summed E-state index contributed by atoms with van der Waals surface area (Å²) in [5.74, 6) is -0.325. The van der Waals surface area contributed by atoms with Crippen molar-refractivity contribution in [3.05, 3.63) is 35.4 Å². The maximum Gasteiger partial charge on any atom is 0.234 e. The van der Waals surface area contributed by atoms with Crippen molar-refractivity contribution in [3.8, 4) is 0 Å². The molecule has 88 valence electrons. The van der Waals surface area contributed by atoms with Crippen LogP contribution in [0.15, 0.2) is 24.3 Å². The van der Waals surface area contributed by atoms with Gasteiger partial charge in [0.15, 0.2) is 0 Å². The number of benzene rings is 1. The lowest BCUT2D eigenvalue weighted by atomic mass is 10.1. The first-order chi connectivity index (χ1) is 7.67. The fourth-order valence-electron chi connectivity index (χ4n) is 1.45. The van der Waals surface area contributed by atoms with Gasteiger partial charge in [0.25, 0.3) is 0 Å². The highest BCUT2D eigenvalue weighted by Gasteiger charge is 2.10. The lowest BCUT2D eigenvalue weighted by molar-refractivity contribution is -0.120. The average molecular weight is 222 g/mol. The number of nitrogens with one attached hydrogen (secondary N) is 1. The van der Waals surface area contributed by atoms with E-state index in [4.69, 9.17) is 10.8 Å². The SMILES string of the molecule is CCC(NCc1ccc(CO)cc1)C(N)=O. The van der Waals surface area contributed by atoms with Gasteiger partial charge in [0.2, 0.25) is 5.91 Å². The molecule has 0 heterocycles. The van der Waals surface area contributed by atoms with Crippen LogP contribution in [-0.4, -0.2) is 17.1 Å². The number of carbonyl (C=O) groups is 1. The third kappa shape index (κ3) is 3.64. The summed E-state index contributed by atoms with van der Waals surface area (Å²) < 4.78 is 0. The zero-order valence-corrected chi connectivity index (χ0v) is 9.44. The monoisotopic (exact) mass is 222 g/mol. The summed E-state index contributed by atoms with van der Waals surface area (Å²) in [6.07, 6.45) is 0.685. The molecule has 0 bridgehead atoms. The van der Waals surface area contributed by atoms with Crippen molar-refractivity contribution < 1.29 is 9.90 Å². The highest BCUT2D eigenvalue weighted by molar-refractivity contribution is 5.79. The average Bonchev–Trinajstić information content (AvgIpc) is 2.30. The Morgan fingerprint density at radius 2 is 1.94 bits per heavy atom. The van der Waals surface area contributed by atoms with Crippen molar-refractivity contribution in [2.24, 2.45) is 5.73 Å². The molecule has 16 heavy (non-hydrogen) atoms. The Morgan fingerprint density at radius 1 is 1.38 bits per heavy atom. The molecule has 4 N–H and O–H groups in total. The molecule has 1 rings (SSSR count). The molecular formula is C12H18N2O2. The van der Waals surface area contributed by atoms with E-state index in [2.05, 4.69) is 5.32 Å².